The van der Waals surface area contributed by atoms with E-state index in [4.69, 9.17) is 10.5 Å². The van der Waals surface area contributed by atoms with Gasteiger partial charge < -0.3 is 15.5 Å². The van der Waals surface area contributed by atoms with E-state index in [1.807, 2.05) is 30.3 Å². The molecule has 0 spiro atoms. The largest absolute Gasteiger partial charge is 0.497 e. The molecule has 0 unspecified atom stereocenters. The number of aromatic nitrogens is 3. The van der Waals surface area contributed by atoms with Crippen molar-refractivity contribution in [1.29, 1.82) is 0 Å². The lowest BCUT2D eigenvalue weighted by molar-refractivity contribution is 0.415. The number of fused-ring (bicyclic) bond motifs is 1. The molecule has 0 amide bonds. The fraction of sp³-hybridized carbons (Fsp3) is 0.0769. The molecule has 0 saturated carbocycles. The number of anilines is 1. The first-order valence-corrected chi connectivity index (χ1v) is 5.52. The number of benzene rings is 1. The summed E-state index contributed by atoms with van der Waals surface area (Å²) in [6, 6.07) is 9.51. The molecule has 0 radical (unpaired) electrons. The number of nitrogen functional groups attached to an aromatic ring is 1. The van der Waals surface area contributed by atoms with Crippen molar-refractivity contribution in [2.45, 2.75) is 0 Å². The van der Waals surface area contributed by atoms with Crippen LogP contribution in [0.25, 0.3) is 22.6 Å². The summed E-state index contributed by atoms with van der Waals surface area (Å²) in [5.74, 6) is 1.54. The SMILES string of the molecule is COc1cccc(-c2nc3ncc(N)cc3[nH]2)c1. The summed E-state index contributed by atoms with van der Waals surface area (Å²) in [6.45, 7) is 0. The van der Waals surface area contributed by atoms with Crippen molar-refractivity contribution in [2.24, 2.45) is 0 Å². The van der Waals surface area contributed by atoms with Gasteiger partial charge in [-0.05, 0) is 18.2 Å². The molecular formula is C13H12N4O. The van der Waals surface area contributed by atoms with Crippen LogP contribution in [0, 0.1) is 0 Å². The van der Waals surface area contributed by atoms with Gasteiger partial charge in [-0.3, -0.25) is 0 Å². The van der Waals surface area contributed by atoms with Crippen molar-refractivity contribution in [3.63, 3.8) is 0 Å². The van der Waals surface area contributed by atoms with Crippen molar-refractivity contribution < 1.29 is 4.74 Å². The number of nitrogens with one attached hydrogen (secondary N) is 1. The second kappa shape index (κ2) is 4.03. The Morgan fingerprint density at radius 2 is 2.17 bits per heavy atom. The highest BCUT2D eigenvalue weighted by atomic mass is 16.5. The zero-order valence-electron chi connectivity index (χ0n) is 9.84. The molecule has 0 bridgehead atoms. The fourth-order valence-corrected chi connectivity index (χ4v) is 1.82. The van der Waals surface area contributed by atoms with Crippen LogP contribution in [0.3, 0.4) is 0 Å². The standard InChI is InChI=1S/C13H12N4O/c1-18-10-4-2-3-8(5-10)12-16-11-6-9(14)7-15-13(11)17-12/h2-7H,14H2,1H3,(H,15,16,17). The Hall–Kier alpha value is -2.56. The second-order valence-corrected chi connectivity index (χ2v) is 3.96. The Labute approximate surface area is 104 Å². The van der Waals surface area contributed by atoms with Gasteiger partial charge in [0.25, 0.3) is 0 Å². The van der Waals surface area contributed by atoms with Crippen LogP contribution >= 0.6 is 0 Å². The van der Waals surface area contributed by atoms with Crippen LogP contribution in [-0.2, 0) is 0 Å². The van der Waals surface area contributed by atoms with Crippen LogP contribution in [0.1, 0.15) is 0 Å². The first-order chi connectivity index (χ1) is 8.76. The molecule has 3 N–H and O–H groups in total. The summed E-state index contributed by atoms with van der Waals surface area (Å²) >= 11 is 0. The average Bonchev–Trinajstić information content (AvgIpc) is 2.81. The lowest BCUT2D eigenvalue weighted by atomic mass is 10.2. The zero-order valence-corrected chi connectivity index (χ0v) is 9.84. The molecular weight excluding hydrogens is 228 g/mol. The molecule has 5 nitrogen and oxygen atoms in total. The minimum Gasteiger partial charge on any atom is -0.497 e. The van der Waals surface area contributed by atoms with Crippen LogP contribution in [0.5, 0.6) is 5.75 Å². The van der Waals surface area contributed by atoms with Crippen molar-refractivity contribution in [3.05, 3.63) is 36.5 Å². The highest BCUT2D eigenvalue weighted by molar-refractivity contribution is 5.78. The van der Waals surface area contributed by atoms with Crippen molar-refractivity contribution >= 4 is 16.9 Å². The second-order valence-electron chi connectivity index (χ2n) is 3.96. The summed E-state index contributed by atoms with van der Waals surface area (Å²) in [5.41, 5.74) is 8.73. The molecule has 5 heteroatoms. The zero-order chi connectivity index (χ0) is 12.5. The predicted octanol–water partition coefficient (Wildman–Crippen LogP) is 2.22. The highest BCUT2D eigenvalue weighted by Gasteiger charge is 2.07. The van der Waals surface area contributed by atoms with Crippen LogP contribution < -0.4 is 10.5 Å². The third-order valence-electron chi connectivity index (χ3n) is 2.70. The molecule has 0 fully saturated rings. The number of pyridine rings is 1. The molecule has 0 atom stereocenters. The van der Waals surface area contributed by atoms with E-state index in [1.165, 1.54) is 0 Å². The molecule has 0 aliphatic rings. The number of ether oxygens (including phenoxy) is 1. The lowest BCUT2D eigenvalue weighted by Crippen LogP contribution is -1.85. The molecule has 0 aliphatic heterocycles. The van der Waals surface area contributed by atoms with Gasteiger partial charge in [-0.25, -0.2) is 9.97 Å². The topological polar surface area (TPSA) is 76.8 Å². The monoisotopic (exact) mass is 240 g/mol. The summed E-state index contributed by atoms with van der Waals surface area (Å²) in [7, 11) is 1.64. The third-order valence-corrected chi connectivity index (χ3v) is 2.70. The van der Waals surface area contributed by atoms with Gasteiger partial charge >= 0.3 is 0 Å². The maximum Gasteiger partial charge on any atom is 0.178 e. The molecule has 3 aromatic rings. The number of rotatable bonds is 2. The predicted molar refractivity (Wildman–Crippen MR) is 70.3 cm³/mol. The Balaban J connectivity index is 2.13. The number of nitrogens with two attached hydrogens (primary N) is 1. The Morgan fingerprint density at radius 3 is 3.00 bits per heavy atom. The maximum absolute atomic E-state index is 5.69. The first kappa shape index (κ1) is 10.6. The molecule has 0 aliphatic carbocycles. The van der Waals surface area contributed by atoms with Crippen LogP contribution in [-0.4, -0.2) is 22.1 Å². The van der Waals surface area contributed by atoms with Gasteiger partial charge in [0.15, 0.2) is 5.65 Å². The number of nitrogens with zero attached hydrogens (tertiary/aromatic N) is 2. The van der Waals surface area contributed by atoms with E-state index in [2.05, 4.69) is 15.0 Å². The van der Waals surface area contributed by atoms with E-state index >= 15 is 0 Å². The minimum atomic E-state index is 0.614. The molecule has 90 valence electrons. The van der Waals surface area contributed by atoms with Gasteiger partial charge in [-0.1, -0.05) is 12.1 Å². The Morgan fingerprint density at radius 1 is 1.28 bits per heavy atom. The minimum absolute atomic E-state index is 0.614. The van der Waals surface area contributed by atoms with Crippen LogP contribution in [0.15, 0.2) is 36.5 Å². The van der Waals surface area contributed by atoms with Gasteiger partial charge in [0.2, 0.25) is 0 Å². The van der Waals surface area contributed by atoms with Gasteiger partial charge in [-0.2, -0.15) is 0 Å². The van der Waals surface area contributed by atoms with Crippen LogP contribution in [0.2, 0.25) is 0 Å². The van der Waals surface area contributed by atoms with Crippen LogP contribution in [0.4, 0.5) is 5.69 Å². The maximum atomic E-state index is 5.69. The van der Waals surface area contributed by atoms with E-state index in [0.717, 1.165) is 22.7 Å². The van der Waals surface area contributed by atoms with E-state index in [1.54, 1.807) is 13.3 Å². The highest BCUT2D eigenvalue weighted by Crippen LogP contribution is 2.23. The summed E-state index contributed by atoms with van der Waals surface area (Å²) < 4.78 is 5.19. The van der Waals surface area contributed by atoms with Gasteiger partial charge in [-0.15, -0.1) is 0 Å². The van der Waals surface area contributed by atoms with E-state index in [-0.39, 0.29) is 0 Å². The van der Waals surface area contributed by atoms with Crippen molar-refractivity contribution in [2.75, 3.05) is 12.8 Å². The van der Waals surface area contributed by atoms with E-state index in [0.29, 0.717) is 11.3 Å². The average molecular weight is 240 g/mol. The molecule has 1 aromatic carbocycles. The quantitative estimate of drug-likeness (QED) is 0.720. The summed E-state index contributed by atoms with van der Waals surface area (Å²) in [4.78, 5) is 11.8. The third kappa shape index (κ3) is 1.75. The fourth-order valence-electron chi connectivity index (χ4n) is 1.82. The van der Waals surface area contributed by atoms with E-state index < -0.39 is 0 Å². The number of aromatic amines is 1. The lowest BCUT2D eigenvalue weighted by Gasteiger charge is -2.01. The number of H-pyrrole nitrogens is 1. The normalized spacial score (nSPS) is 10.7. The number of hydrogen-bond donors (Lipinski definition) is 2. The number of methoxy groups -OCH3 is 1. The van der Waals surface area contributed by atoms with Gasteiger partial charge in [0.05, 0.1) is 24.5 Å². The summed E-state index contributed by atoms with van der Waals surface area (Å²) in [6.07, 6.45) is 1.60. The van der Waals surface area contributed by atoms with Crippen molar-refractivity contribution in [3.8, 4) is 17.1 Å². The Bertz CT molecular complexity index is 705. The van der Waals surface area contributed by atoms with Gasteiger partial charge in [0.1, 0.15) is 11.6 Å². The summed E-state index contributed by atoms with van der Waals surface area (Å²) in [5, 5.41) is 0. The first-order valence-electron chi connectivity index (χ1n) is 5.52. The number of hydrogen-bond acceptors (Lipinski definition) is 4. The smallest absolute Gasteiger partial charge is 0.178 e. The molecule has 18 heavy (non-hydrogen) atoms. The van der Waals surface area contributed by atoms with Gasteiger partial charge in [0, 0.05) is 5.56 Å². The van der Waals surface area contributed by atoms with E-state index in [9.17, 15) is 0 Å². The molecule has 2 heterocycles. The van der Waals surface area contributed by atoms with Crippen molar-refractivity contribution in [1.82, 2.24) is 15.0 Å². The Kier molecular flexibility index (Phi) is 2.37. The molecule has 0 saturated heterocycles. The molecule has 3 rings (SSSR count). The number of imidazole rings is 1. The molecule has 2 aromatic heterocycles.